The van der Waals surface area contributed by atoms with Gasteiger partial charge in [-0.25, -0.2) is 15.0 Å². The first-order chi connectivity index (χ1) is 14.1. The van der Waals surface area contributed by atoms with Crippen molar-refractivity contribution in [2.24, 2.45) is 0 Å². The zero-order chi connectivity index (χ0) is 20.4. The van der Waals surface area contributed by atoms with Crippen LogP contribution in [-0.2, 0) is 11.3 Å². The zero-order valence-electron chi connectivity index (χ0n) is 15.8. The molecule has 0 saturated carbocycles. The van der Waals surface area contributed by atoms with Crippen LogP contribution in [-0.4, -0.2) is 66.4 Å². The number of fused-ring (bicyclic) bond motifs is 1. The first-order valence-electron chi connectivity index (χ1n) is 9.38. The molecule has 0 bridgehead atoms. The third kappa shape index (κ3) is 3.75. The van der Waals surface area contributed by atoms with Crippen molar-refractivity contribution in [2.75, 3.05) is 18.5 Å². The van der Waals surface area contributed by atoms with Crippen LogP contribution in [0.1, 0.15) is 18.7 Å². The summed E-state index contributed by atoms with van der Waals surface area (Å²) in [5.41, 5.74) is 1.97. The number of hydrogen-bond acceptors (Lipinski definition) is 9. The number of aliphatic hydroxyl groups is 3. The summed E-state index contributed by atoms with van der Waals surface area (Å²) in [5.74, 6) is 1.33. The predicted molar refractivity (Wildman–Crippen MR) is 103 cm³/mol. The Morgan fingerprint density at radius 2 is 2.07 bits per heavy atom. The fourth-order valence-corrected chi connectivity index (χ4v) is 3.38. The molecule has 0 amide bonds. The van der Waals surface area contributed by atoms with Crippen LogP contribution in [0.2, 0.25) is 0 Å². The number of ether oxygens (including phenoxy) is 2. The van der Waals surface area contributed by atoms with Gasteiger partial charge in [-0.05, 0) is 24.6 Å². The van der Waals surface area contributed by atoms with Crippen molar-refractivity contribution in [3.05, 3.63) is 42.5 Å². The molecule has 4 rings (SSSR count). The SMILES string of the molecule is CCOc1cccc(CNc2ncnc3c2ncn3[C@@H]2O[C@H](CO)[C@@H](O)[C@H]2O)c1. The van der Waals surface area contributed by atoms with Crippen molar-refractivity contribution in [1.82, 2.24) is 19.5 Å². The van der Waals surface area contributed by atoms with E-state index >= 15 is 0 Å². The van der Waals surface area contributed by atoms with Crippen LogP contribution < -0.4 is 10.1 Å². The lowest BCUT2D eigenvalue weighted by molar-refractivity contribution is -0.0511. The topological polar surface area (TPSA) is 135 Å². The second-order valence-corrected chi connectivity index (χ2v) is 6.71. The fourth-order valence-electron chi connectivity index (χ4n) is 3.38. The minimum atomic E-state index is -1.21. The Bertz CT molecular complexity index is 981. The Morgan fingerprint density at radius 3 is 2.83 bits per heavy atom. The van der Waals surface area contributed by atoms with Gasteiger partial charge in [0.15, 0.2) is 23.2 Å². The van der Waals surface area contributed by atoms with Crippen LogP contribution >= 0.6 is 0 Å². The Kier molecular flexibility index (Phi) is 5.58. The summed E-state index contributed by atoms with van der Waals surface area (Å²) in [6, 6.07) is 7.75. The number of imidazole rings is 1. The number of benzene rings is 1. The molecular formula is C19H23N5O5. The molecule has 0 spiro atoms. The third-order valence-corrected chi connectivity index (χ3v) is 4.82. The molecule has 1 aliphatic rings. The van der Waals surface area contributed by atoms with Crippen molar-refractivity contribution in [3.8, 4) is 5.75 Å². The molecule has 2 aromatic heterocycles. The van der Waals surface area contributed by atoms with E-state index in [-0.39, 0.29) is 0 Å². The van der Waals surface area contributed by atoms with E-state index < -0.39 is 31.1 Å². The molecule has 4 atom stereocenters. The van der Waals surface area contributed by atoms with Crippen molar-refractivity contribution in [2.45, 2.75) is 38.0 Å². The maximum Gasteiger partial charge on any atom is 0.167 e. The summed E-state index contributed by atoms with van der Waals surface area (Å²) in [5, 5.41) is 32.8. The van der Waals surface area contributed by atoms with Gasteiger partial charge < -0.3 is 30.1 Å². The first-order valence-corrected chi connectivity index (χ1v) is 9.38. The van der Waals surface area contributed by atoms with E-state index in [9.17, 15) is 15.3 Å². The molecule has 10 heteroatoms. The van der Waals surface area contributed by atoms with E-state index in [4.69, 9.17) is 9.47 Å². The molecule has 154 valence electrons. The maximum absolute atomic E-state index is 10.3. The highest BCUT2D eigenvalue weighted by Gasteiger charge is 2.44. The van der Waals surface area contributed by atoms with Crippen LogP contribution in [0.15, 0.2) is 36.9 Å². The van der Waals surface area contributed by atoms with E-state index in [1.807, 2.05) is 31.2 Å². The monoisotopic (exact) mass is 401 g/mol. The highest BCUT2D eigenvalue weighted by molar-refractivity contribution is 5.82. The zero-order valence-corrected chi connectivity index (χ0v) is 15.8. The van der Waals surface area contributed by atoms with Gasteiger partial charge in [0, 0.05) is 6.54 Å². The van der Waals surface area contributed by atoms with Crippen LogP contribution in [0.5, 0.6) is 5.75 Å². The number of aromatic nitrogens is 4. The molecule has 1 aliphatic heterocycles. The summed E-state index contributed by atoms with van der Waals surface area (Å²) in [6.45, 7) is 2.64. The summed E-state index contributed by atoms with van der Waals surface area (Å²) < 4.78 is 12.6. The molecule has 10 nitrogen and oxygen atoms in total. The molecule has 29 heavy (non-hydrogen) atoms. The van der Waals surface area contributed by atoms with Gasteiger partial charge in [0.25, 0.3) is 0 Å². The van der Waals surface area contributed by atoms with E-state index in [1.54, 1.807) is 0 Å². The highest BCUT2D eigenvalue weighted by atomic mass is 16.6. The first kappa shape index (κ1) is 19.5. The van der Waals surface area contributed by atoms with E-state index in [0.717, 1.165) is 11.3 Å². The Hall–Kier alpha value is -2.79. The van der Waals surface area contributed by atoms with Gasteiger partial charge in [-0.1, -0.05) is 12.1 Å². The summed E-state index contributed by atoms with van der Waals surface area (Å²) in [4.78, 5) is 12.9. The normalized spacial score (nSPS) is 24.1. The fraction of sp³-hybridized carbons (Fsp3) is 0.421. The summed E-state index contributed by atoms with van der Waals surface area (Å²) in [7, 11) is 0. The largest absolute Gasteiger partial charge is 0.494 e. The van der Waals surface area contributed by atoms with Gasteiger partial charge in [0.05, 0.1) is 19.5 Å². The lowest BCUT2D eigenvalue weighted by atomic mass is 10.1. The maximum atomic E-state index is 10.3. The van der Waals surface area contributed by atoms with E-state index in [1.165, 1.54) is 17.2 Å². The molecule has 0 aliphatic carbocycles. The molecule has 0 radical (unpaired) electrons. The molecule has 0 unspecified atom stereocenters. The number of aliphatic hydroxyl groups excluding tert-OH is 3. The number of hydrogen-bond donors (Lipinski definition) is 4. The molecule has 3 aromatic rings. The van der Waals surface area contributed by atoms with Gasteiger partial charge in [-0.2, -0.15) is 0 Å². The molecule has 1 saturated heterocycles. The number of nitrogens with one attached hydrogen (secondary N) is 1. The average Bonchev–Trinajstić information content (AvgIpc) is 3.28. The number of rotatable bonds is 7. The van der Waals surface area contributed by atoms with Crippen LogP contribution in [0, 0.1) is 0 Å². The number of nitrogens with zero attached hydrogens (tertiary/aromatic N) is 4. The average molecular weight is 401 g/mol. The van der Waals surface area contributed by atoms with Crippen molar-refractivity contribution >= 4 is 17.0 Å². The molecule has 4 N–H and O–H groups in total. The minimum Gasteiger partial charge on any atom is -0.494 e. The third-order valence-electron chi connectivity index (χ3n) is 4.82. The van der Waals surface area contributed by atoms with Gasteiger partial charge in [-0.15, -0.1) is 0 Å². The van der Waals surface area contributed by atoms with Gasteiger partial charge in [0.1, 0.15) is 30.4 Å². The van der Waals surface area contributed by atoms with Crippen LogP contribution in [0.25, 0.3) is 11.2 Å². The molecule has 1 aromatic carbocycles. The second kappa shape index (κ2) is 8.29. The Labute approximate surface area is 166 Å². The summed E-state index contributed by atoms with van der Waals surface area (Å²) >= 11 is 0. The Morgan fingerprint density at radius 1 is 1.21 bits per heavy atom. The smallest absolute Gasteiger partial charge is 0.167 e. The highest BCUT2D eigenvalue weighted by Crippen LogP contribution is 2.32. The van der Waals surface area contributed by atoms with Gasteiger partial charge in [0.2, 0.25) is 0 Å². The molecular weight excluding hydrogens is 378 g/mol. The Balaban J connectivity index is 1.56. The second-order valence-electron chi connectivity index (χ2n) is 6.71. The predicted octanol–water partition coefficient (Wildman–Crippen LogP) is 0.449. The lowest BCUT2D eigenvalue weighted by Gasteiger charge is -2.16. The van der Waals surface area contributed by atoms with Gasteiger partial charge in [-0.3, -0.25) is 4.57 Å². The molecule has 1 fully saturated rings. The van der Waals surface area contributed by atoms with E-state index in [2.05, 4.69) is 20.3 Å². The lowest BCUT2D eigenvalue weighted by Crippen LogP contribution is -2.33. The number of anilines is 1. The van der Waals surface area contributed by atoms with Crippen LogP contribution in [0.3, 0.4) is 0 Å². The van der Waals surface area contributed by atoms with Crippen molar-refractivity contribution < 1.29 is 24.8 Å². The standard InChI is InChI=1S/C19H23N5O5/c1-2-28-12-5-3-4-11(6-12)7-20-17-14-18(22-9-21-17)24(10-23-14)19-16(27)15(26)13(8-25)29-19/h3-6,9-10,13,15-16,19,25-27H,2,7-8H2,1H3,(H,20,21,22)/t13-,15-,16-,19-/m1/s1. The van der Waals surface area contributed by atoms with Crippen molar-refractivity contribution in [1.29, 1.82) is 0 Å². The van der Waals surface area contributed by atoms with E-state index in [0.29, 0.717) is 30.1 Å². The van der Waals surface area contributed by atoms with Crippen LogP contribution in [0.4, 0.5) is 5.82 Å². The molecule has 3 heterocycles. The summed E-state index contributed by atoms with van der Waals surface area (Å²) in [6.07, 6.45) is -1.32. The van der Waals surface area contributed by atoms with Crippen molar-refractivity contribution in [3.63, 3.8) is 0 Å². The minimum absolute atomic E-state index is 0.399. The van der Waals surface area contributed by atoms with Gasteiger partial charge >= 0.3 is 0 Å². The quantitative estimate of drug-likeness (QED) is 0.445.